The molecule has 2 aliphatic rings. The fraction of sp³-hybridized carbons (Fsp3) is 0.571. The number of nitrogens with one attached hydrogen (secondary N) is 2. The van der Waals surface area contributed by atoms with Crippen LogP contribution in [0.1, 0.15) is 24.1 Å². The van der Waals surface area contributed by atoms with E-state index in [0.717, 1.165) is 28.6 Å². The molecule has 1 saturated carbocycles. The van der Waals surface area contributed by atoms with E-state index >= 15 is 0 Å². The first-order valence-electron chi connectivity index (χ1n) is 7.48. The van der Waals surface area contributed by atoms with Gasteiger partial charge in [-0.3, -0.25) is 10.3 Å². The van der Waals surface area contributed by atoms with Crippen molar-refractivity contribution in [2.45, 2.75) is 38.3 Å². The van der Waals surface area contributed by atoms with Crippen LogP contribution in [0.15, 0.2) is 6.07 Å². The molecule has 3 heterocycles. The van der Waals surface area contributed by atoms with Gasteiger partial charge in [-0.15, -0.1) is 11.3 Å². The molecule has 1 saturated heterocycles. The quantitative estimate of drug-likeness (QED) is 0.592. The highest BCUT2D eigenvalue weighted by atomic mass is 32.1. The molecule has 4 rings (SSSR count). The van der Waals surface area contributed by atoms with Gasteiger partial charge in [0, 0.05) is 30.1 Å². The second-order valence-electron chi connectivity index (χ2n) is 5.97. The van der Waals surface area contributed by atoms with Crippen LogP contribution in [0, 0.1) is 6.92 Å². The molecule has 2 aromatic heterocycles. The molecule has 21 heavy (non-hydrogen) atoms. The molecule has 0 spiro atoms. The molecule has 0 radical (unpaired) electrons. The molecule has 1 atom stereocenters. The summed E-state index contributed by atoms with van der Waals surface area (Å²) in [4.78, 5) is 13.7. The van der Waals surface area contributed by atoms with Gasteiger partial charge in [0.05, 0.1) is 5.39 Å². The maximum Gasteiger partial charge on any atom is 0.240 e. The molecular weight excluding hydrogens is 284 g/mol. The van der Waals surface area contributed by atoms with Gasteiger partial charge in [0.25, 0.3) is 0 Å². The van der Waals surface area contributed by atoms with E-state index in [1.54, 1.807) is 11.3 Å². The molecule has 0 aromatic carbocycles. The van der Waals surface area contributed by atoms with Crippen molar-refractivity contribution in [2.24, 2.45) is 5.84 Å². The second kappa shape index (κ2) is 5.08. The van der Waals surface area contributed by atoms with Gasteiger partial charge in [-0.2, -0.15) is 4.98 Å². The van der Waals surface area contributed by atoms with Crippen molar-refractivity contribution in [2.75, 3.05) is 23.8 Å². The minimum atomic E-state index is 0.467. The van der Waals surface area contributed by atoms with E-state index in [-0.39, 0.29) is 0 Å². The van der Waals surface area contributed by atoms with Crippen LogP contribution in [-0.2, 0) is 0 Å². The van der Waals surface area contributed by atoms with Gasteiger partial charge in [-0.1, -0.05) is 0 Å². The zero-order chi connectivity index (χ0) is 14.4. The minimum Gasteiger partial charge on any atom is -0.365 e. The number of anilines is 2. The lowest BCUT2D eigenvalue weighted by atomic mass is 10.2. The number of rotatable bonds is 4. The standard InChI is InChI=1S/C14H20N6S/c1-8-6-11-12(17-14(19-15)18-13(11)21-8)16-9-4-5-20(7-9)10-2-3-10/h6,9-10H,2-5,7,15H2,1H3,(H2,16,17,18,19). The van der Waals surface area contributed by atoms with Gasteiger partial charge < -0.3 is 5.32 Å². The van der Waals surface area contributed by atoms with E-state index in [0.29, 0.717) is 12.0 Å². The summed E-state index contributed by atoms with van der Waals surface area (Å²) in [5.74, 6) is 6.87. The van der Waals surface area contributed by atoms with E-state index < -0.39 is 0 Å². The smallest absolute Gasteiger partial charge is 0.240 e. The van der Waals surface area contributed by atoms with Gasteiger partial charge in [-0.05, 0) is 32.3 Å². The normalized spacial score (nSPS) is 22.9. The number of hydrogen-bond acceptors (Lipinski definition) is 7. The third kappa shape index (κ3) is 2.56. The van der Waals surface area contributed by atoms with E-state index in [1.165, 1.54) is 30.7 Å². The number of likely N-dealkylation sites (tertiary alicyclic amines) is 1. The third-order valence-corrected chi connectivity index (χ3v) is 5.21. The average molecular weight is 304 g/mol. The molecule has 1 aliphatic carbocycles. The molecule has 1 aliphatic heterocycles. The monoisotopic (exact) mass is 304 g/mol. The first-order valence-corrected chi connectivity index (χ1v) is 8.30. The molecule has 1 unspecified atom stereocenters. The lowest BCUT2D eigenvalue weighted by Gasteiger charge is -2.17. The summed E-state index contributed by atoms with van der Waals surface area (Å²) in [5.41, 5.74) is 2.56. The number of fused-ring (bicyclic) bond motifs is 1. The van der Waals surface area contributed by atoms with Crippen LogP contribution in [-0.4, -0.2) is 40.0 Å². The van der Waals surface area contributed by atoms with Gasteiger partial charge in [0.15, 0.2) is 0 Å². The summed E-state index contributed by atoms with van der Waals surface area (Å²) >= 11 is 1.67. The van der Waals surface area contributed by atoms with Crippen molar-refractivity contribution in [3.05, 3.63) is 10.9 Å². The topological polar surface area (TPSA) is 79.1 Å². The first-order chi connectivity index (χ1) is 10.2. The molecule has 7 heteroatoms. The fourth-order valence-corrected chi connectivity index (χ4v) is 3.97. The largest absolute Gasteiger partial charge is 0.365 e. The molecule has 112 valence electrons. The van der Waals surface area contributed by atoms with Gasteiger partial charge in [-0.25, -0.2) is 10.8 Å². The number of hydrogen-bond donors (Lipinski definition) is 3. The average Bonchev–Trinajstić information content (AvgIpc) is 3.10. The Morgan fingerprint density at radius 1 is 1.33 bits per heavy atom. The zero-order valence-corrected chi connectivity index (χ0v) is 12.9. The van der Waals surface area contributed by atoms with Crippen LogP contribution in [0.4, 0.5) is 11.8 Å². The van der Waals surface area contributed by atoms with E-state index in [9.17, 15) is 0 Å². The summed E-state index contributed by atoms with van der Waals surface area (Å²) in [7, 11) is 0. The number of thiophene rings is 1. The number of nitrogens with zero attached hydrogens (tertiary/aromatic N) is 3. The van der Waals surface area contributed by atoms with Crippen molar-refractivity contribution in [1.82, 2.24) is 14.9 Å². The molecule has 0 amide bonds. The number of aryl methyl sites for hydroxylation is 1. The van der Waals surface area contributed by atoms with Crippen LogP contribution in [0.25, 0.3) is 10.2 Å². The molecule has 0 bridgehead atoms. The van der Waals surface area contributed by atoms with E-state index in [4.69, 9.17) is 5.84 Å². The number of aromatic nitrogens is 2. The van der Waals surface area contributed by atoms with Crippen LogP contribution in [0.5, 0.6) is 0 Å². The summed E-state index contributed by atoms with van der Waals surface area (Å²) < 4.78 is 0. The fourth-order valence-electron chi connectivity index (χ4n) is 3.09. The van der Waals surface area contributed by atoms with Crippen molar-refractivity contribution in [1.29, 1.82) is 0 Å². The molecule has 4 N–H and O–H groups in total. The lowest BCUT2D eigenvalue weighted by molar-refractivity contribution is 0.326. The Kier molecular flexibility index (Phi) is 3.20. The third-order valence-electron chi connectivity index (χ3n) is 4.27. The lowest BCUT2D eigenvalue weighted by Crippen LogP contribution is -2.28. The number of nitrogens with two attached hydrogens (primary N) is 1. The van der Waals surface area contributed by atoms with Crippen molar-refractivity contribution in [3.63, 3.8) is 0 Å². The van der Waals surface area contributed by atoms with Crippen LogP contribution < -0.4 is 16.6 Å². The first kappa shape index (κ1) is 13.2. The maximum absolute atomic E-state index is 5.49. The van der Waals surface area contributed by atoms with Crippen molar-refractivity contribution < 1.29 is 0 Å². The second-order valence-corrected chi connectivity index (χ2v) is 7.21. The molecule has 2 fully saturated rings. The number of nitrogen functional groups attached to an aromatic ring is 1. The van der Waals surface area contributed by atoms with E-state index in [1.807, 2.05) is 0 Å². The van der Waals surface area contributed by atoms with Crippen LogP contribution in [0.2, 0.25) is 0 Å². The van der Waals surface area contributed by atoms with Crippen molar-refractivity contribution >= 4 is 33.3 Å². The predicted molar refractivity (Wildman–Crippen MR) is 86.6 cm³/mol. The summed E-state index contributed by atoms with van der Waals surface area (Å²) in [5, 5.41) is 4.70. The van der Waals surface area contributed by atoms with Crippen LogP contribution >= 0.6 is 11.3 Å². The Bertz CT molecular complexity index is 665. The maximum atomic E-state index is 5.49. The van der Waals surface area contributed by atoms with Gasteiger partial charge >= 0.3 is 0 Å². The molecule has 6 nitrogen and oxygen atoms in total. The Hall–Kier alpha value is -1.44. The van der Waals surface area contributed by atoms with Crippen molar-refractivity contribution in [3.8, 4) is 0 Å². The summed E-state index contributed by atoms with van der Waals surface area (Å²) in [6.45, 7) is 4.40. The number of hydrazine groups is 1. The molecule has 2 aromatic rings. The summed E-state index contributed by atoms with van der Waals surface area (Å²) in [6, 6.07) is 3.46. The Morgan fingerprint density at radius 3 is 2.95 bits per heavy atom. The highest BCUT2D eigenvalue weighted by molar-refractivity contribution is 7.18. The Labute approximate surface area is 127 Å². The van der Waals surface area contributed by atoms with E-state index in [2.05, 4.69) is 38.6 Å². The molecular formula is C14H20N6S. The predicted octanol–water partition coefficient (Wildman–Crippen LogP) is 1.93. The SMILES string of the molecule is Cc1cc2c(NC3CCN(C4CC4)C3)nc(NN)nc2s1. The van der Waals surface area contributed by atoms with Gasteiger partial charge in [0.1, 0.15) is 10.6 Å². The highest BCUT2D eigenvalue weighted by Crippen LogP contribution is 2.33. The van der Waals surface area contributed by atoms with Gasteiger partial charge in [0.2, 0.25) is 5.95 Å². The Morgan fingerprint density at radius 2 is 2.19 bits per heavy atom. The van der Waals surface area contributed by atoms with Crippen LogP contribution in [0.3, 0.4) is 0 Å². The summed E-state index contributed by atoms with van der Waals surface area (Å²) in [6.07, 6.45) is 3.92. The zero-order valence-electron chi connectivity index (χ0n) is 12.1. The highest BCUT2D eigenvalue weighted by Gasteiger charge is 2.34. The Balaban J connectivity index is 1.59. The minimum absolute atomic E-state index is 0.467.